The monoisotopic (exact) mass is 477 g/mol. The summed E-state index contributed by atoms with van der Waals surface area (Å²) < 4.78 is 5.55. The minimum Gasteiger partial charge on any atom is -0.462 e. The molecule has 2 aliphatic heterocycles. The summed E-state index contributed by atoms with van der Waals surface area (Å²) in [6, 6.07) is 18.4. The Labute approximate surface area is 212 Å². The zero-order valence-electron chi connectivity index (χ0n) is 20.8. The molecule has 0 saturated carbocycles. The van der Waals surface area contributed by atoms with E-state index in [0.717, 1.165) is 59.2 Å². The molecule has 3 aliphatic rings. The Bertz CT molecular complexity index is 1360. The number of carbonyl (C=O) groups excluding carboxylic acids is 1. The van der Waals surface area contributed by atoms with Crippen LogP contribution in [0.15, 0.2) is 64.8 Å². The molecule has 0 fully saturated rings. The van der Waals surface area contributed by atoms with Crippen LogP contribution in [0.3, 0.4) is 0 Å². The lowest BCUT2D eigenvalue weighted by atomic mass is 9.90. The van der Waals surface area contributed by atoms with Crippen LogP contribution in [-0.4, -0.2) is 37.6 Å². The molecular formula is C31H31N3O2. The number of fused-ring (bicyclic) bond motifs is 3. The molecule has 1 aliphatic carbocycles. The van der Waals surface area contributed by atoms with Gasteiger partial charge >= 0.3 is 5.97 Å². The highest BCUT2D eigenvalue weighted by atomic mass is 16.5. The first-order valence-electron chi connectivity index (χ1n) is 13.2. The van der Waals surface area contributed by atoms with E-state index < -0.39 is 0 Å². The van der Waals surface area contributed by atoms with Gasteiger partial charge in [0.15, 0.2) is 0 Å². The standard InChI is InChI=1S/C31H31N3O2/c1-2-3-17-36-31(35)27-14-6-13-26-28(27)24-11-4-5-12-25(24)29(26)33-32-20-21-18-22-9-7-15-34-16-8-10-23(19-21)30(22)34/h4-6,11-14,18-20H,2-3,7-10,15-17H2,1H3. The second kappa shape index (κ2) is 9.73. The summed E-state index contributed by atoms with van der Waals surface area (Å²) in [6.45, 7) is 4.87. The topological polar surface area (TPSA) is 54.3 Å². The number of ether oxygens (including phenoxy) is 1. The van der Waals surface area contributed by atoms with Crippen LogP contribution in [0.5, 0.6) is 0 Å². The second-order valence-electron chi connectivity index (χ2n) is 9.84. The fourth-order valence-corrected chi connectivity index (χ4v) is 5.82. The van der Waals surface area contributed by atoms with Gasteiger partial charge in [0, 0.05) is 35.5 Å². The Kier molecular flexibility index (Phi) is 6.14. The molecule has 3 aromatic carbocycles. The molecule has 36 heavy (non-hydrogen) atoms. The minimum atomic E-state index is -0.281. The Morgan fingerprint density at radius 3 is 2.44 bits per heavy atom. The van der Waals surface area contributed by atoms with Gasteiger partial charge in [-0.1, -0.05) is 49.7 Å². The fraction of sp³-hybridized carbons (Fsp3) is 0.323. The minimum absolute atomic E-state index is 0.281. The van der Waals surface area contributed by atoms with E-state index in [1.807, 2.05) is 48.7 Å². The third kappa shape index (κ3) is 4.02. The van der Waals surface area contributed by atoms with Gasteiger partial charge in [-0.15, -0.1) is 5.10 Å². The number of carbonyl (C=O) groups is 1. The van der Waals surface area contributed by atoms with Gasteiger partial charge in [0.1, 0.15) is 5.71 Å². The number of anilines is 1. The number of rotatable bonds is 6. The number of benzene rings is 3. The zero-order valence-corrected chi connectivity index (χ0v) is 20.8. The maximum atomic E-state index is 12.9. The summed E-state index contributed by atoms with van der Waals surface area (Å²) >= 11 is 0. The number of hydrogen-bond donors (Lipinski definition) is 0. The van der Waals surface area contributed by atoms with Crippen molar-refractivity contribution in [3.05, 3.63) is 88.0 Å². The summed E-state index contributed by atoms with van der Waals surface area (Å²) in [4.78, 5) is 15.5. The molecule has 0 aromatic heterocycles. The Hall–Kier alpha value is -3.73. The average molecular weight is 478 g/mol. The highest BCUT2D eigenvalue weighted by molar-refractivity contribution is 6.26. The predicted octanol–water partition coefficient (Wildman–Crippen LogP) is 6.19. The van der Waals surface area contributed by atoms with E-state index in [4.69, 9.17) is 9.84 Å². The molecule has 5 nitrogen and oxygen atoms in total. The number of nitrogens with zero attached hydrogens (tertiary/aromatic N) is 3. The lowest BCUT2D eigenvalue weighted by Gasteiger charge is -2.37. The fourth-order valence-electron chi connectivity index (χ4n) is 5.82. The number of aryl methyl sites for hydroxylation is 2. The molecule has 5 heteroatoms. The zero-order chi connectivity index (χ0) is 24.5. The molecule has 0 saturated heterocycles. The molecule has 0 unspecified atom stereocenters. The van der Waals surface area contributed by atoms with Crippen LogP contribution in [-0.2, 0) is 17.6 Å². The third-order valence-electron chi connectivity index (χ3n) is 7.44. The average Bonchev–Trinajstić information content (AvgIpc) is 3.23. The van der Waals surface area contributed by atoms with Crippen LogP contribution in [0.2, 0.25) is 0 Å². The molecule has 0 bridgehead atoms. The molecule has 2 heterocycles. The quantitative estimate of drug-likeness (QED) is 0.144. The predicted molar refractivity (Wildman–Crippen MR) is 146 cm³/mol. The van der Waals surface area contributed by atoms with Gasteiger partial charge in [0.25, 0.3) is 0 Å². The summed E-state index contributed by atoms with van der Waals surface area (Å²) in [6.07, 6.45) is 8.42. The van der Waals surface area contributed by atoms with E-state index in [1.165, 1.54) is 42.7 Å². The highest BCUT2D eigenvalue weighted by Crippen LogP contribution is 2.40. The number of hydrogen-bond acceptors (Lipinski definition) is 5. The van der Waals surface area contributed by atoms with Crippen molar-refractivity contribution in [2.45, 2.75) is 45.4 Å². The summed E-state index contributed by atoms with van der Waals surface area (Å²) in [5, 5.41) is 9.25. The molecule has 182 valence electrons. The van der Waals surface area contributed by atoms with Gasteiger partial charge in [0.05, 0.1) is 18.4 Å². The Balaban J connectivity index is 1.35. The van der Waals surface area contributed by atoms with Crippen LogP contribution < -0.4 is 4.90 Å². The van der Waals surface area contributed by atoms with Crippen LogP contribution in [0.4, 0.5) is 5.69 Å². The molecule has 0 N–H and O–H groups in total. The van der Waals surface area contributed by atoms with Gasteiger partial charge in [-0.3, -0.25) is 0 Å². The van der Waals surface area contributed by atoms with Crippen molar-refractivity contribution >= 4 is 23.6 Å². The van der Waals surface area contributed by atoms with Gasteiger partial charge in [-0.25, -0.2) is 4.79 Å². The third-order valence-corrected chi connectivity index (χ3v) is 7.44. The first-order chi connectivity index (χ1) is 17.7. The van der Waals surface area contributed by atoms with Crippen molar-refractivity contribution in [2.75, 3.05) is 24.6 Å². The van der Waals surface area contributed by atoms with Gasteiger partial charge in [-0.05, 0) is 72.6 Å². The first kappa shape index (κ1) is 22.7. The Morgan fingerprint density at radius 1 is 0.972 bits per heavy atom. The second-order valence-corrected chi connectivity index (χ2v) is 9.84. The van der Waals surface area contributed by atoms with Crippen LogP contribution in [0.25, 0.3) is 11.1 Å². The lowest BCUT2D eigenvalue weighted by molar-refractivity contribution is 0.0500. The van der Waals surface area contributed by atoms with E-state index in [-0.39, 0.29) is 5.97 Å². The van der Waals surface area contributed by atoms with E-state index in [1.54, 1.807) is 0 Å². The molecule has 3 aromatic rings. The summed E-state index contributed by atoms with van der Waals surface area (Å²) in [5.74, 6) is -0.281. The van der Waals surface area contributed by atoms with E-state index >= 15 is 0 Å². The Morgan fingerprint density at radius 2 is 1.69 bits per heavy atom. The summed E-state index contributed by atoms with van der Waals surface area (Å²) in [7, 11) is 0. The molecule has 0 radical (unpaired) electrons. The van der Waals surface area contributed by atoms with Crippen LogP contribution in [0, 0.1) is 0 Å². The van der Waals surface area contributed by atoms with Crippen molar-refractivity contribution in [2.24, 2.45) is 10.2 Å². The summed E-state index contributed by atoms with van der Waals surface area (Å²) in [5.41, 5.74) is 10.7. The van der Waals surface area contributed by atoms with Gasteiger partial charge < -0.3 is 9.64 Å². The van der Waals surface area contributed by atoms with Gasteiger partial charge in [0.2, 0.25) is 0 Å². The van der Waals surface area contributed by atoms with Gasteiger partial charge in [-0.2, -0.15) is 5.10 Å². The van der Waals surface area contributed by atoms with Crippen molar-refractivity contribution in [3.8, 4) is 11.1 Å². The molecule has 0 amide bonds. The lowest BCUT2D eigenvalue weighted by Crippen LogP contribution is -2.34. The molecular weight excluding hydrogens is 446 g/mol. The molecule has 0 atom stereocenters. The van der Waals surface area contributed by atoms with Crippen molar-refractivity contribution < 1.29 is 9.53 Å². The largest absolute Gasteiger partial charge is 0.462 e. The SMILES string of the molecule is CCCCOC(=O)c1cccc2c1-c1ccccc1C2=NN=Cc1cc2c3c(c1)CCCN3CCC2. The van der Waals surface area contributed by atoms with E-state index in [9.17, 15) is 4.79 Å². The van der Waals surface area contributed by atoms with Crippen molar-refractivity contribution in [1.82, 2.24) is 0 Å². The molecule has 6 rings (SSSR count). The molecule has 0 spiro atoms. The van der Waals surface area contributed by atoms with Crippen LogP contribution in [0.1, 0.15) is 70.8 Å². The van der Waals surface area contributed by atoms with Crippen LogP contribution >= 0.6 is 0 Å². The van der Waals surface area contributed by atoms with Crippen molar-refractivity contribution in [3.63, 3.8) is 0 Å². The first-order valence-corrected chi connectivity index (χ1v) is 13.2. The highest BCUT2D eigenvalue weighted by Gasteiger charge is 2.29. The van der Waals surface area contributed by atoms with E-state index in [0.29, 0.717) is 12.2 Å². The normalized spacial score (nSPS) is 16.7. The van der Waals surface area contributed by atoms with E-state index in [2.05, 4.69) is 29.1 Å². The maximum absolute atomic E-state index is 12.9. The smallest absolute Gasteiger partial charge is 0.338 e. The number of esters is 1. The maximum Gasteiger partial charge on any atom is 0.338 e. The number of unbranched alkanes of at least 4 members (excludes halogenated alkanes) is 1. The van der Waals surface area contributed by atoms with Crippen molar-refractivity contribution in [1.29, 1.82) is 0 Å².